The Kier molecular flexibility index (Phi) is 3.75. The Morgan fingerprint density at radius 1 is 1.16 bits per heavy atom. The quantitative estimate of drug-likeness (QED) is 0.574. The predicted molar refractivity (Wildman–Crippen MR) is 93.2 cm³/mol. The lowest BCUT2D eigenvalue weighted by Crippen LogP contribution is -2.02. The first kappa shape index (κ1) is 15.1. The molecule has 0 unspecified atom stereocenters. The molecule has 3 heterocycles. The summed E-state index contributed by atoms with van der Waals surface area (Å²) < 4.78 is 7.75. The number of nitrogens with zero attached hydrogens (tertiary/aromatic N) is 5. The lowest BCUT2D eigenvalue weighted by atomic mass is 10.1. The topological polar surface area (TPSA) is 76.1 Å². The number of hydrogen-bond acceptors (Lipinski definition) is 5. The van der Waals surface area contributed by atoms with Crippen molar-refractivity contribution in [3.63, 3.8) is 0 Å². The summed E-state index contributed by atoms with van der Waals surface area (Å²) in [7, 11) is 0. The van der Waals surface area contributed by atoms with Crippen LogP contribution in [0.1, 0.15) is 23.9 Å². The third-order valence-electron chi connectivity index (χ3n) is 4.13. The van der Waals surface area contributed by atoms with Crippen molar-refractivity contribution < 1.29 is 4.74 Å². The van der Waals surface area contributed by atoms with E-state index in [9.17, 15) is 0 Å². The van der Waals surface area contributed by atoms with Gasteiger partial charge in [0.15, 0.2) is 11.5 Å². The summed E-state index contributed by atoms with van der Waals surface area (Å²) >= 11 is 0. The minimum Gasteiger partial charge on any atom is -0.485 e. The summed E-state index contributed by atoms with van der Waals surface area (Å²) in [5.41, 5.74) is 3.39. The van der Waals surface area contributed by atoms with Gasteiger partial charge in [0.25, 0.3) is 0 Å². The maximum absolute atomic E-state index is 9.05. The van der Waals surface area contributed by atoms with Crippen molar-refractivity contribution in [3.05, 3.63) is 65.7 Å². The van der Waals surface area contributed by atoms with E-state index in [1.165, 1.54) is 5.56 Å². The first-order valence-corrected chi connectivity index (χ1v) is 8.02. The van der Waals surface area contributed by atoms with Crippen LogP contribution in [0.3, 0.4) is 0 Å². The average Bonchev–Trinajstić information content (AvgIpc) is 3.07. The SMILES string of the molecule is CCc1ccc2c(OCc3nnc4ccc(C#N)cn34)ccnc2c1. The summed E-state index contributed by atoms with van der Waals surface area (Å²) in [5.74, 6) is 1.39. The van der Waals surface area contributed by atoms with E-state index in [0.717, 1.165) is 23.1 Å². The summed E-state index contributed by atoms with van der Waals surface area (Å²) in [4.78, 5) is 4.42. The second-order valence-electron chi connectivity index (χ2n) is 5.68. The van der Waals surface area contributed by atoms with Crippen LogP contribution in [0.25, 0.3) is 16.6 Å². The highest BCUT2D eigenvalue weighted by molar-refractivity contribution is 5.85. The first-order valence-electron chi connectivity index (χ1n) is 8.02. The summed E-state index contributed by atoms with van der Waals surface area (Å²) in [6.45, 7) is 2.37. The van der Waals surface area contributed by atoms with Gasteiger partial charge in [-0.1, -0.05) is 13.0 Å². The van der Waals surface area contributed by atoms with Gasteiger partial charge in [-0.05, 0) is 42.3 Å². The Balaban J connectivity index is 1.66. The maximum atomic E-state index is 9.05. The van der Waals surface area contributed by atoms with Crippen LogP contribution in [0.2, 0.25) is 0 Å². The number of benzene rings is 1. The van der Waals surface area contributed by atoms with E-state index in [-0.39, 0.29) is 6.61 Å². The molecule has 0 amide bonds. The molecule has 0 saturated carbocycles. The van der Waals surface area contributed by atoms with Gasteiger partial charge in [0.1, 0.15) is 18.4 Å². The summed E-state index contributed by atoms with van der Waals surface area (Å²) in [6.07, 6.45) is 4.43. The maximum Gasteiger partial charge on any atom is 0.175 e. The highest BCUT2D eigenvalue weighted by atomic mass is 16.5. The van der Waals surface area contributed by atoms with Gasteiger partial charge in [-0.15, -0.1) is 10.2 Å². The minimum absolute atomic E-state index is 0.255. The standard InChI is InChI=1S/C19H15N5O/c1-2-13-3-5-15-16(9-13)21-8-7-17(15)25-12-19-23-22-18-6-4-14(10-20)11-24(18)19/h3-9,11H,2,12H2,1H3. The number of aryl methyl sites for hydroxylation is 1. The number of aromatic nitrogens is 4. The molecular weight excluding hydrogens is 314 g/mol. The van der Waals surface area contributed by atoms with Gasteiger partial charge in [0, 0.05) is 17.8 Å². The van der Waals surface area contributed by atoms with Crippen molar-refractivity contribution in [3.8, 4) is 11.8 Å². The molecule has 3 aromatic heterocycles. The van der Waals surface area contributed by atoms with Gasteiger partial charge in [0.05, 0.1) is 11.1 Å². The second kappa shape index (κ2) is 6.21. The van der Waals surface area contributed by atoms with E-state index in [1.54, 1.807) is 28.9 Å². The fourth-order valence-electron chi connectivity index (χ4n) is 2.76. The average molecular weight is 329 g/mol. The molecule has 0 saturated heterocycles. The Bertz CT molecular complexity index is 1110. The molecule has 1 aromatic carbocycles. The molecule has 4 aromatic rings. The van der Waals surface area contributed by atoms with Crippen molar-refractivity contribution in [2.75, 3.05) is 0 Å². The molecule has 6 nitrogen and oxygen atoms in total. The van der Waals surface area contributed by atoms with Crippen LogP contribution in [0, 0.1) is 11.3 Å². The van der Waals surface area contributed by atoms with Crippen molar-refractivity contribution in [2.24, 2.45) is 0 Å². The molecule has 0 fully saturated rings. The number of rotatable bonds is 4. The molecule has 4 rings (SSSR count). The monoisotopic (exact) mass is 329 g/mol. The van der Waals surface area contributed by atoms with Crippen molar-refractivity contribution in [1.82, 2.24) is 19.6 Å². The lowest BCUT2D eigenvalue weighted by Gasteiger charge is -2.09. The van der Waals surface area contributed by atoms with E-state index in [0.29, 0.717) is 17.0 Å². The molecule has 0 bridgehead atoms. The predicted octanol–water partition coefficient (Wildman–Crippen LogP) is 3.29. The highest BCUT2D eigenvalue weighted by Crippen LogP contribution is 2.25. The molecule has 6 heteroatoms. The fourth-order valence-corrected chi connectivity index (χ4v) is 2.76. The van der Waals surface area contributed by atoms with Crippen LogP contribution in [-0.2, 0) is 13.0 Å². The van der Waals surface area contributed by atoms with Gasteiger partial charge in [0.2, 0.25) is 0 Å². The molecule has 0 aliphatic rings. The van der Waals surface area contributed by atoms with E-state index >= 15 is 0 Å². The summed E-state index contributed by atoms with van der Waals surface area (Å²) in [5, 5.41) is 18.3. The van der Waals surface area contributed by atoms with Crippen LogP contribution in [-0.4, -0.2) is 19.6 Å². The van der Waals surface area contributed by atoms with E-state index in [2.05, 4.69) is 40.3 Å². The molecule has 0 aliphatic heterocycles. The third kappa shape index (κ3) is 2.76. The Morgan fingerprint density at radius 2 is 2.08 bits per heavy atom. The highest BCUT2D eigenvalue weighted by Gasteiger charge is 2.09. The van der Waals surface area contributed by atoms with Crippen LogP contribution >= 0.6 is 0 Å². The Labute approximate surface area is 144 Å². The number of nitriles is 1. The van der Waals surface area contributed by atoms with Gasteiger partial charge in [-0.2, -0.15) is 5.26 Å². The van der Waals surface area contributed by atoms with Gasteiger partial charge < -0.3 is 4.74 Å². The molecule has 0 spiro atoms. The zero-order chi connectivity index (χ0) is 17.2. The number of fused-ring (bicyclic) bond motifs is 2. The first-order chi connectivity index (χ1) is 12.3. The normalized spacial score (nSPS) is 10.9. The van der Waals surface area contributed by atoms with Crippen molar-refractivity contribution in [1.29, 1.82) is 5.26 Å². The van der Waals surface area contributed by atoms with E-state index in [4.69, 9.17) is 10.00 Å². The van der Waals surface area contributed by atoms with Crippen LogP contribution in [0.4, 0.5) is 0 Å². The smallest absolute Gasteiger partial charge is 0.175 e. The lowest BCUT2D eigenvalue weighted by molar-refractivity contribution is 0.298. The Hall–Kier alpha value is -3.46. The fraction of sp³-hybridized carbons (Fsp3) is 0.158. The molecule has 122 valence electrons. The molecule has 0 N–H and O–H groups in total. The number of ether oxygens (including phenoxy) is 1. The van der Waals surface area contributed by atoms with E-state index < -0.39 is 0 Å². The van der Waals surface area contributed by atoms with Gasteiger partial charge in [-0.3, -0.25) is 9.38 Å². The number of pyridine rings is 2. The molecular formula is C19H15N5O. The van der Waals surface area contributed by atoms with Crippen LogP contribution in [0.5, 0.6) is 5.75 Å². The molecule has 0 aliphatic carbocycles. The van der Waals surface area contributed by atoms with E-state index in [1.807, 2.05) is 12.1 Å². The van der Waals surface area contributed by atoms with Gasteiger partial charge >= 0.3 is 0 Å². The second-order valence-corrected chi connectivity index (χ2v) is 5.68. The largest absolute Gasteiger partial charge is 0.485 e. The minimum atomic E-state index is 0.255. The molecule has 0 radical (unpaired) electrons. The summed E-state index contributed by atoms with van der Waals surface area (Å²) in [6, 6.07) is 13.6. The zero-order valence-corrected chi connectivity index (χ0v) is 13.7. The molecule has 25 heavy (non-hydrogen) atoms. The number of hydrogen-bond donors (Lipinski definition) is 0. The van der Waals surface area contributed by atoms with Crippen molar-refractivity contribution >= 4 is 16.6 Å². The zero-order valence-electron chi connectivity index (χ0n) is 13.7. The Morgan fingerprint density at radius 3 is 2.92 bits per heavy atom. The van der Waals surface area contributed by atoms with Crippen molar-refractivity contribution in [2.45, 2.75) is 20.0 Å². The molecule has 0 atom stereocenters. The van der Waals surface area contributed by atoms with Crippen LogP contribution < -0.4 is 4.74 Å². The third-order valence-corrected chi connectivity index (χ3v) is 4.13. The van der Waals surface area contributed by atoms with Crippen LogP contribution in [0.15, 0.2) is 48.8 Å². The van der Waals surface area contributed by atoms with Gasteiger partial charge in [-0.25, -0.2) is 0 Å².